The quantitative estimate of drug-likeness (QED) is 0.682. The molecular formula is C14H11FN4O3. The van der Waals surface area contributed by atoms with Crippen LogP contribution in [0.5, 0.6) is 0 Å². The van der Waals surface area contributed by atoms with Crippen molar-refractivity contribution in [1.29, 1.82) is 0 Å². The molecule has 1 aromatic carbocycles. The normalized spacial score (nSPS) is 12.9. The molecule has 0 fully saturated rings. The van der Waals surface area contributed by atoms with E-state index in [-0.39, 0.29) is 18.3 Å². The Hall–Kier alpha value is -3.03. The van der Waals surface area contributed by atoms with E-state index in [0.717, 1.165) is 6.20 Å². The standard InChI is InChI=1S/C14H11FN4O3/c15-10-5-9-7-18(8-13(9)16-6-10)14(20)17-11-1-3-12(4-2-11)19(21)22/h1-6H,7-8H2,(H,17,20). The van der Waals surface area contributed by atoms with Gasteiger partial charge in [0.25, 0.3) is 5.69 Å². The summed E-state index contributed by atoms with van der Waals surface area (Å²) in [5.41, 5.74) is 1.75. The lowest BCUT2D eigenvalue weighted by atomic mass is 10.2. The van der Waals surface area contributed by atoms with E-state index in [0.29, 0.717) is 23.5 Å². The number of nitrogens with one attached hydrogen (secondary N) is 1. The number of halogens is 1. The number of nitrogens with zero attached hydrogens (tertiary/aromatic N) is 3. The van der Waals surface area contributed by atoms with Crippen molar-refractivity contribution >= 4 is 17.4 Å². The molecule has 2 aromatic rings. The maximum Gasteiger partial charge on any atom is 0.322 e. The zero-order valence-corrected chi connectivity index (χ0v) is 11.3. The van der Waals surface area contributed by atoms with E-state index < -0.39 is 10.7 Å². The molecular weight excluding hydrogens is 291 g/mol. The Labute approximate surface area is 124 Å². The Morgan fingerprint density at radius 2 is 2.05 bits per heavy atom. The van der Waals surface area contributed by atoms with Crippen LogP contribution in [0.4, 0.5) is 20.6 Å². The van der Waals surface area contributed by atoms with E-state index >= 15 is 0 Å². The molecule has 2 amide bonds. The van der Waals surface area contributed by atoms with Crippen LogP contribution >= 0.6 is 0 Å². The summed E-state index contributed by atoms with van der Waals surface area (Å²) in [6.07, 6.45) is 1.12. The first-order valence-electron chi connectivity index (χ1n) is 6.46. The molecule has 0 atom stereocenters. The molecule has 0 unspecified atom stereocenters. The number of rotatable bonds is 2. The van der Waals surface area contributed by atoms with E-state index in [1.807, 2.05) is 0 Å². The van der Waals surface area contributed by atoms with Gasteiger partial charge in [-0.3, -0.25) is 15.1 Å². The summed E-state index contributed by atoms with van der Waals surface area (Å²) in [7, 11) is 0. The van der Waals surface area contributed by atoms with Crippen LogP contribution in [-0.2, 0) is 13.1 Å². The Kier molecular flexibility index (Phi) is 3.42. The number of pyridine rings is 1. The summed E-state index contributed by atoms with van der Waals surface area (Å²) in [4.78, 5) is 27.6. The zero-order valence-electron chi connectivity index (χ0n) is 11.3. The minimum Gasteiger partial charge on any atom is -0.314 e. The van der Waals surface area contributed by atoms with Gasteiger partial charge in [0.05, 0.1) is 23.4 Å². The Morgan fingerprint density at radius 1 is 1.32 bits per heavy atom. The molecule has 2 heterocycles. The molecule has 0 radical (unpaired) electrons. The number of urea groups is 1. The van der Waals surface area contributed by atoms with Crippen LogP contribution in [0.25, 0.3) is 0 Å². The van der Waals surface area contributed by atoms with Crippen LogP contribution in [0.2, 0.25) is 0 Å². The lowest BCUT2D eigenvalue weighted by Crippen LogP contribution is -2.30. The van der Waals surface area contributed by atoms with Crippen LogP contribution in [0.1, 0.15) is 11.3 Å². The first kappa shape index (κ1) is 13.9. The van der Waals surface area contributed by atoms with Gasteiger partial charge in [-0.1, -0.05) is 0 Å². The highest BCUT2D eigenvalue weighted by Crippen LogP contribution is 2.23. The zero-order chi connectivity index (χ0) is 15.7. The largest absolute Gasteiger partial charge is 0.322 e. The van der Waals surface area contributed by atoms with Gasteiger partial charge in [0.15, 0.2) is 0 Å². The van der Waals surface area contributed by atoms with E-state index in [1.165, 1.54) is 35.2 Å². The fraction of sp³-hybridized carbons (Fsp3) is 0.143. The van der Waals surface area contributed by atoms with Gasteiger partial charge in [-0.2, -0.15) is 0 Å². The Bertz CT molecular complexity index is 748. The summed E-state index contributed by atoms with van der Waals surface area (Å²) < 4.78 is 13.1. The minimum absolute atomic E-state index is 0.0498. The smallest absolute Gasteiger partial charge is 0.314 e. The predicted octanol–water partition coefficient (Wildman–Crippen LogP) is 2.68. The molecule has 1 aliphatic rings. The van der Waals surface area contributed by atoms with Gasteiger partial charge in [-0.05, 0) is 23.8 Å². The molecule has 22 heavy (non-hydrogen) atoms. The van der Waals surface area contributed by atoms with Crippen LogP contribution in [0.15, 0.2) is 36.5 Å². The average Bonchev–Trinajstić information content (AvgIpc) is 2.91. The van der Waals surface area contributed by atoms with Gasteiger partial charge in [0, 0.05) is 24.4 Å². The van der Waals surface area contributed by atoms with Gasteiger partial charge in [0.2, 0.25) is 0 Å². The molecule has 0 saturated carbocycles. The molecule has 3 rings (SSSR count). The van der Waals surface area contributed by atoms with Crippen molar-refractivity contribution in [2.45, 2.75) is 13.1 Å². The molecule has 0 aliphatic carbocycles. The van der Waals surface area contributed by atoms with Gasteiger partial charge in [-0.25, -0.2) is 9.18 Å². The van der Waals surface area contributed by atoms with Crippen molar-refractivity contribution in [3.05, 3.63) is 63.7 Å². The molecule has 0 bridgehead atoms. The molecule has 112 valence electrons. The first-order valence-corrected chi connectivity index (χ1v) is 6.46. The Morgan fingerprint density at radius 3 is 2.73 bits per heavy atom. The highest BCUT2D eigenvalue weighted by atomic mass is 19.1. The van der Waals surface area contributed by atoms with Crippen LogP contribution < -0.4 is 5.32 Å². The lowest BCUT2D eigenvalue weighted by molar-refractivity contribution is -0.384. The fourth-order valence-corrected chi connectivity index (χ4v) is 2.24. The maximum absolute atomic E-state index is 13.1. The number of amides is 2. The van der Waals surface area contributed by atoms with Crippen molar-refractivity contribution < 1.29 is 14.1 Å². The maximum atomic E-state index is 13.1. The number of hydrogen-bond donors (Lipinski definition) is 1. The highest BCUT2D eigenvalue weighted by molar-refractivity contribution is 5.89. The van der Waals surface area contributed by atoms with Gasteiger partial charge in [-0.15, -0.1) is 0 Å². The minimum atomic E-state index is -0.511. The number of benzene rings is 1. The van der Waals surface area contributed by atoms with Crippen molar-refractivity contribution in [2.24, 2.45) is 0 Å². The molecule has 1 aliphatic heterocycles. The summed E-state index contributed by atoms with van der Waals surface area (Å²) >= 11 is 0. The van der Waals surface area contributed by atoms with E-state index in [2.05, 4.69) is 10.3 Å². The summed E-state index contributed by atoms with van der Waals surface area (Å²) in [6.45, 7) is 0.577. The van der Waals surface area contributed by atoms with Crippen LogP contribution in [0, 0.1) is 15.9 Å². The summed E-state index contributed by atoms with van der Waals surface area (Å²) in [6, 6.07) is 6.53. The second-order valence-corrected chi connectivity index (χ2v) is 4.85. The van der Waals surface area contributed by atoms with Crippen molar-refractivity contribution in [2.75, 3.05) is 5.32 Å². The number of anilines is 1. The summed E-state index contributed by atoms with van der Waals surface area (Å²) in [5, 5.41) is 13.2. The monoisotopic (exact) mass is 302 g/mol. The number of carbonyl (C=O) groups is 1. The molecule has 1 aromatic heterocycles. The van der Waals surface area contributed by atoms with E-state index in [9.17, 15) is 19.3 Å². The number of hydrogen-bond acceptors (Lipinski definition) is 4. The molecule has 7 nitrogen and oxygen atoms in total. The van der Waals surface area contributed by atoms with Crippen molar-refractivity contribution in [1.82, 2.24) is 9.88 Å². The highest BCUT2D eigenvalue weighted by Gasteiger charge is 2.24. The third kappa shape index (κ3) is 2.71. The number of aromatic nitrogens is 1. The third-order valence-electron chi connectivity index (χ3n) is 3.34. The average molecular weight is 302 g/mol. The van der Waals surface area contributed by atoms with Gasteiger partial charge < -0.3 is 10.2 Å². The molecule has 0 spiro atoms. The van der Waals surface area contributed by atoms with E-state index in [4.69, 9.17) is 0 Å². The number of non-ortho nitro benzene ring substituents is 1. The predicted molar refractivity (Wildman–Crippen MR) is 75.6 cm³/mol. The molecule has 0 saturated heterocycles. The first-order chi connectivity index (χ1) is 10.5. The van der Waals surface area contributed by atoms with Gasteiger partial charge >= 0.3 is 6.03 Å². The topological polar surface area (TPSA) is 88.4 Å². The van der Waals surface area contributed by atoms with Crippen molar-refractivity contribution in [3.8, 4) is 0 Å². The number of nitro benzene ring substituents is 1. The summed E-state index contributed by atoms with van der Waals surface area (Å²) in [5.74, 6) is -0.434. The van der Waals surface area contributed by atoms with Crippen LogP contribution in [-0.4, -0.2) is 20.8 Å². The third-order valence-corrected chi connectivity index (χ3v) is 3.34. The number of fused-ring (bicyclic) bond motifs is 1. The molecule has 1 N–H and O–H groups in total. The number of carbonyl (C=O) groups excluding carboxylic acids is 1. The van der Waals surface area contributed by atoms with Crippen molar-refractivity contribution in [3.63, 3.8) is 0 Å². The van der Waals surface area contributed by atoms with Crippen LogP contribution in [0.3, 0.4) is 0 Å². The fourth-order valence-electron chi connectivity index (χ4n) is 2.24. The lowest BCUT2D eigenvalue weighted by Gasteiger charge is -2.16. The number of nitro groups is 1. The van der Waals surface area contributed by atoms with E-state index in [1.54, 1.807) is 0 Å². The SMILES string of the molecule is O=C(Nc1ccc([N+](=O)[O-])cc1)N1Cc2cc(F)cnc2C1. The van der Waals surface area contributed by atoms with Gasteiger partial charge in [0.1, 0.15) is 5.82 Å². The second-order valence-electron chi connectivity index (χ2n) is 4.85. The second kappa shape index (κ2) is 5.40. The molecule has 8 heteroatoms. The Balaban J connectivity index is 1.67.